The van der Waals surface area contributed by atoms with E-state index in [4.69, 9.17) is 17.0 Å². The number of amides is 1. The standard InChI is InChI=1S/C20H32N4O2S/c1-5-26-17-9-7-16(8-10-17)21-19(27)24-12-6-11-23(13-14-24)15-18(25)22-20(2,3)4/h7-10H,5-6,11-15H2,1-4H3,(H,21,27)(H,22,25)/p+1. The van der Waals surface area contributed by atoms with Gasteiger partial charge in [0.15, 0.2) is 11.7 Å². The van der Waals surface area contributed by atoms with E-state index >= 15 is 0 Å². The van der Waals surface area contributed by atoms with E-state index in [0.717, 1.165) is 49.1 Å². The van der Waals surface area contributed by atoms with Crippen LogP contribution in [0.4, 0.5) is 5.69 Å². The van der Waals surface area contributed by atoms with E-state index in [9.17, 15) is 4.79 Å². The number of benzene rings is 1. The van der Waals surface area contributed by atoms with Crippen molar-refractivity contribution in [1.82, 2.24) is 10.2 Å². The second-order valence-electron chi connectivity index (χ2n) is 7.95. The minimum absolute atomic E-state index is 0.112. The highest BCUT2D eigenvalue weighted by atomic mass is 32.1. The molecule has 1 saturated heterocycles. The number of carbonyl (C=O) groups is 1. The van der Waals surface area contributed by atoms with E-state index < -0.39 is 0 Å². The highest BCUT2D eigenvalue weighted by Gasteiger charge is 2.23. The van der Waals surface area contributed by atoms with E-state index in [2.05, 4.69) is 15.5 Å². The first kappa shape index (κ1) is 21.4. The van der Waals surface area contributed by atoms with Crippen LogP contribution in [-0.4, -0.2) is 60.8 Å². The average Bonchev–Trinajstić information content (AvgIpc) is 2.81. The Morgan fingerprint density at radius 3 is 2.56 bits per heavy atom. The quantitative estimate of drug-likeness (QED) is 0.658. The number of nitrogens with zero attached hydrogens (tertiary/aromatic N) is 1. The second-order valence-corrected chi connectivity index (χ2v) is 8.34. The number of thiocarbonyl (C=S) groups is 1. The third-order valence-electron chi connectivity index (χ3n) is 4.32. The van der Waals surface area contributed by atoms with Crippen molar-refractivity contribution in [3.8, 4) is 5.75 Å². The van der Waals surface area contributed by atoms with Gasteiger partial charge in [0.1, 0.15) is 5.75 Å². The Morgan fingerprint density at radius 2 is 1.93 bits per heavy atom. The van der Waals surface area contributed by atoms with Crippen LogP contribution in [0.3, 0.4) is 0 Å². The summed E-state index contributed by atoms with van der Waals surface area (Å²) in [5.41, 5.74) is 0.777. The fraction of sp³-hybridized carbons (Fsp3) is 0.600. The van der Waals surface area contributed by atoms with Crippen molar-refractivity contribution in [2.45, 2.75) is 39.7 Å². The van der Waals surface area contributed by atoms with Crippen LogP contribution < -0.4 is 20.3 Å². The number of hydrogen-bond donors (Lipinski definition) is 3. The zero-order chi connectivity index (χ0) is 19.9. The lowest BCUT2D eigenvalue weighted by molar-refractivity contribution is -0.889. The zero-order valence-corrected chi connectivity index (χ0v) is 17.7. The molecule has 6 nitrogen and oxygen atoms in total. The summed E-state index contributed by atoms with van der Waals surface area (Å²) < 4.78 is 5.47. The number of ether oxygens (including phenoxy) is 1. The Kier molecular flexibility index (Phi) is 7.86. The predicted octanol–water partition coefficient (Wildman–Crippen LogP) is 1.29. The van der Waals surface area contributed by atoms with Gasteiger partial charge in [0.25, 0.3) is 5.91 Å². The summed E-state index contributed by atoms with van der Waals surface area (Å²) in [6.45, 7) is 12.8. The van der Waals surface area contributed by atoms with Gasteiger partial charge in [-0.1, -0.05) is 0 Å². The number of rotatable bonds is 5. The topological polar surface area (TPSA) is 58.0 Å². The van der Waals surface area contributed by atoms with Gasteiger partial charge in [-0.25, -0.2) is 0 Å². The number of hydrogen-bond acceptors (Lipinski definition) is 3. The fourth-order valence-electron chi connectivity index (χ4n) is 3.12. The lowest BCUT2D eigenvalue weighted by Gasteiger charge is -2.24. The number of carbonyl (C=O) groups excluding carboxylic acids is 1. The highest BCUT2D eigenvalue weighted by Crippen LogP contribution is 2.16. The molecule has 1 aliphatic rings. The smallest absolute Gasteiger partial charge is 0.275 e. The molecule has 1 aromatic carbocycles. The summed E-state index contributed by atoms with van der Waals surface area (Å²) in [5, 5.41) is 7.09. The van der Waals surface area contributed by atoms with E-state index in [0.29, 0.717) is 13.2 Å². The first-order valence-corrected chi connectivity index (χ1v) is 10.1. The minimum atomic E-state index is -0.183. The van der Waals surface area contributed by atoms with E-state index in [1.165, 1.54) is 4.90 Å². The summed E-state index contributed by atoms with van der Waals surface area (Å²) in [5.74, 6) is 0.970. The second kappa shape index (κ2) is 9.90. The van der Waals surface area contributed by atoms with Crippen LogP contribution in [0.25, 0.3) is 0 Å². The third kappa shape index (κ3) is 7.72. The van der Waals surface area contributed by atoms with Crippen molar-refractivity contribution in [1.29, 1.82) is 0 Å². The Hall–Kier alpha value is -1.86. The Labute approximate surface area is 168 Å². The first-order valence-electron chi connectivity index (χ1n) is 9.70. The molecule has 1 atom stereocenters. The Balaban J connectivity index is 1.82. The van der Waals surface area contributed by atoms with Crippen molar-refractivity contribution < 1.29 is 14.4 Å². The van der Waals surface area contributed by atoms with Crippen LogP contribution in [0.2, 0.25) is 0 Å². The van der Waals surface area contributed by atoms with Crippen LogP contribution >= 0.6 is 12.2 Å². The summed E-state index contributed by atoms with van der Waals surface area (Å²) in [4.78, 5) is 15.7. The lowest BCUT2D eigenvalue weighted by atomic mass is 10.1. The third-order valence-corrected chi connectivity index (χ3v) is 4.68. The van der Waals surface area contributed by atoms with Gasteiger partial charge in [-0.3, -0.25) is 4.79 Å². The SMILES string of the molecule is CCOc1ccc(NC(=S)N2CCC[NH+](CC(=O)NC(C)(C)C)CC2)cc1. The molecule has 1 heterocycles. The van der Waals surface area contributed by atoms with Crippen LogP contribution in [0, 0.1) is 0 Å². The average molecular weight is 394 g/mol. The molecule has 0 aliphatic carbocycles. The van der Waals surface area contributed by atoms with E-state index in [1.54, 1.807) is 0 Å². The molecule has 27 heavy (non-hydrogen) atoms. The van der Waals surface area contributed by atoms with Gasteiger partial charge in [0.05, 0.1) is 26.2 Å². The molecule has 0 saturated carbocycles. The van der Waals surface area contributed by atoms with Gasteiger partial charge >= 0.3 is 0 Å². The maximum absolute atomic E-state index is 12.2. The summed E-state index contributed by atoms with van der Waals surface area (Å²) >= 11 is 5.59. The normalized spacial score (nSPS) is 17.8. The molecule has 1 amide bonds. The monoisotopic (exact) mass is 393 g/mol. The van der Waals surface area contributed by atoms with Gasteiger partial charge in [-0.15, -0.1) is 0 Å². The summed E-state index contributed by atoms with van der Waals surface area (Å²) in [7, 11) is 0. The maximum atomic E-state index is 12.2. The molecule has 1 aliphatic heterocycles. The molecule has 0 aromatic heterocycles. The number of quaternary nitrogens is 1. The first-order chi connectivity index (χ1) is 12.8. The maximum Gasteiger partial charge on any atom is 0.275 e. The van der Waals surface area contributed by atoms with Crippen LogP contribution in [-0.2, 0) is 4.79 Å². The van der Waals surface area contributed by atoms with Crippen molar-refractivity contribution in [2.75, 3.05) is 44.6 Å². The van der Waals surface area contributed by atoms with Gasteiger partial charge in [0, 0.05) is 24.2 Å². The number of anilines is 1. The summed E-state index contributed by atoms with van der Waals surface area (Å²) in [6.07, 6.45) is 1.02. The Bertz CT molecular complexity index is 628. The largest absolute Gasteiger partial charge is 0.494 e. The lowest BCUT2D eigenvalue weighted by Crippen LogP contribution is -3.13. The van der Waals surface area contributed by atoms with Gasteiger partial charge in [0.2, 0.25) is 0 Å². The molecule has 2 rings (SSSR count). The van der Waals surface area contributed by atoms with Crippen LogP contribution in [0.1, 0.15) is 34.1 Å². The highest BCUT2D eigenvalue weighted by molar-refractivity contribution is 7.80. The predicted molar refractivity (Wildman–Crippen MR) is 113 cm³/mol. The Morgan fingerprint density at radius 1 is 1.22 bits per heavy atom. The summed E-state index contributed by atoms with van der Waals surface area (Å²) in [6, 6.07) is 7.83. The van der Waals surface area contributed by atoms with Crippen molar-refractivity contribution in [3.63, 3.8) is 0 Å². The molecule has 150 valence electrons. The number of nitrogens with one attached hydrogen (secondary N) is 3. The fourth-order valence-corrected chi connectivity index (χ4v) is 3.42. The molecule has 3 N–H and O–H groups in total. The van der Waals surface area contributed by atoms with Crippen LogP contribution in [0.5, 0.6) is 5.75 Å². The van der Waals surface area contributed by atoms with Gasteiger partial charge in [-0.05, 0) is 64.2 Å². The molecule has 0 spiro atoms. The van der Waals surface area contributed by atoms with Crippen molar-refractivity contribution in [3.05, 3.63) is 24.3 Å². The van der Waals surface area contributed by atoms with Gasteiger partial charge < -0.3 is 25.2 Å². The van der Waals surface area contributed by atoms with E-state index in [1.807, 2.05) is 52.0 Å². The molecular formula is C20H33N4O2S+. The minimum Gasteiger partial charge on any atom is -0.494 e. The van der Waals surface area contributed by atoms with Crippen molar-refractivity contribution >= 4 is 28.9 Å². The van der Waals surface area contributed by atoms with Gasteiger partial charge in [-0.2, -0.15) is 0 Å². The van der Waals surface area contributed by atoms with Crippen molar-refractivity contribution in [2.24, 2.45) is 0 Å². The van der Waals surface area contributed by atoms with Crippen LogP contribution in [0.15, 0.2) is 24.3 Å². The molecule has 1 fully saturated rings. The molecule has 1 aromatic rings. The molecule has 0 bridgehead atoms. The molecule has 0 radical (unpaired) electrons. The van der Waals surface area contributed by atoms with E-state index in [-0.39, 0.29) is 11.4 Å². The zero-order valence-electron chi connectivity index (χ0n) is 16.9. The molecular weight excluding hydrogens is 360 g/mol. The molecule has 1 unspecified atom stereocenters. The molecule has 7 heteroatoms.